The molecule has 0 bridgehead atoms. The van der Waals surface area contributed by atoms with Crippen LogP contribution in [-0.4, -0.2) is 20.6 Å². The zero-order valence-electron chi connectivity index (χ0n) is 13.9. The Kier molecular flexibility index (Phi) is 4.37. The molecule has 0 atom stereocenters. The van der Waals surface area contributed by atoms with Crippen LogP contribution in [0.15, 0.2) is 36.4 Å². The lowest BCUT2D eigenvalue weighted by Gasteiger charge is -2.08. The maximum atomic E-state index is 12.5. The van der Waals surface area contributed by atoms with Crippen molar-refractivity contribution in [2.24, 2.45) is 0 Å². The zero-order valence-corrected chi connectivity index (χ0v) is 14.8. The van der Waals surface area contributed by atoms with Gasteiger partial charge in [0.1, 0.15) is 5.82 Å². The fraction of sp³-hybridized carbons (Fsp3) is 0.176. The minimum atomic E-state index is -0.483. The van der Waals surface area contributed by atoms with Crippen LogP contribution in [0.25, 0.3) is 5.69 Å². The summed E-state index contributed by atoms with van der Waals surface area (Å²) < 4.78 is 1.64. The molecule has 0 spiro atoms. The first-order chi connectivity index (χ1) is 11.8. The molecule has 1 amide bonds. The number of amides is 1. The summed E-state index contributed by atoms with van der Waals surface area (Å²) in [4.78, 5) is 23.7. The maximum absolute atomic E-state index is 12.5. The van der Waals surface area contributed by atoms with E-state index >= 15 is 0 Å². The third-order valence-corrected chi connectivity index (χ3v) is 4.70. The van der Waals surface area contributed by atoms with E-state index in [9.17, 15) is 14.9 Å². The normalized spacial score (nSPS) is 10.7. The van der Waals surface area contributed by atoms with Gasteiger partial charge in [-0.05, 0) is 32.9 Å². The van der Waals surface area contributed by atoms with Gasteiger partial charge in [-0.15, -0.1) is 11.3 Å². The molecule has 128 valence electrons. The number of hydrogen-bond acceptors (Lipinski definition) is 5. The number of aryl methyl sites for hydroxylation is 3. The van der Waals surface area contributed by atoms with Gasteiger partial charge in [0, 0.05) is 12.1 Å². The van der Waals surface area contributed by atoms with Gasteiger partial charge in [0.2, 0.25) is 0 Å². The van der Waals surface area contributed by atoms with Gasteiger partial charge < -0.3 is 5.32 Å². The molecule has 0 saturated heterocycles. The van der Waals surface area contributed by atoms with Crippen molar-refractivity contribution in [2.45, 2.75) is 20.8 Å². The van der Waals surface area contributed by atoms with Crippen LogP contribution in [0.4, 0.5) is 11.5 Å². The van der Waals surface area contributed by atoms with Crippen molar-refractivity contribution < 1.29 is 9.72 Å². The minimum absolute atomic E-state index is 0.0432. The van der Waals surface area contributed by atoms with E-state index < -0.39 is 10.8 Å². The molecular formula is C17H16N4O3S. The largest absolute Gasteiger partial charge is 0.306 e. The smallest absolute Gasteiger partial charge is 0.283 e. The molecular weight excluding hydrogens is 340 g/mol. The van der Waals surface area contributed by atoms with Gasteiger partial charge in [-0.1, -0.05) is 17.7 Å². The first-order valence-electron chi connectivity index (χ1n) is 7.55. The van der Waals surface area contributed by atoms with Crippen LogP contribution < -0.4 is 5.32 Å². The Morgan fingerprint density at radius 3 is 2.48 bits per heavy atom. The number of nitrogens with zero attached hydrogens (tertiary/aromatic N) is 3. The van der Waals surface area contributed by atoms with E-state index in [1.54, 1.807) is 17.7 Å². The van der Waals surface area contributed by atoms with E-state index in [1.807, 2.05) is 38.1 Å². The summed E-state index contributed by atoms with van der Waals surface area (Å²) in [7, 11) is 0. The second-order valence-electron chi connectivity index (χ2n) is 5.68. The Bertz CT molecular complexity index is 957. The molecule has 0 radical (unpaired) electrons. The highest BCUT2D eigenvalue weighted by atomic mass is 32.1. The van der Waals surface area contributed by atoms with Crippen molar-refractivity contribution >= 4 is 28.7 Å². The predicted octanol–water partition coefficient (Wildman–Crippen LogP) is 4.02. The number of hydrogen-bond donors (Lipinski definition) is 1. The third kappa shape index (κ3) is 3.43. The predicted molar refractivity (Wildman–Crippen MR) is 96.7 cm³/mol. The van der Waals surface area contributed by atoms with Crippen LogP contribution in [0.2, 0.25) is 0 Å². The van der Waals surface area contributed by atoms with Crippen LogP contribution in [-0.2, 0) is 0 Å². The van der Waals surface area contributed by atoms with Crippen molar-refractivity contribution in [2.75, 3.05) is 5.32 Å². The molecule has 0 aliphatic rings. The molecule has 2 heterocycles. The van der Waals surface area contributed by atoms with E-state index in [1.165, 1.54) is 6.07 Å². The molecule has 1 N–H and O–H groups in total. The Balaban J connectivity index is 1.90. The van der Waals surface area contributed by atoms with Gasteiger partial charge in [-0.2, -0.15) is 5.10 Å². The van der Waals surface area contributed by atoms with Crippen LogP contribution in [0.3, 0.4) is 0 Å². The summed E-state index contributed by atoms with van der Waals surface area (Å²) in [6.45, 7) is 5.45. The molecule has 0 saturated carbocycles. The SMILES string of the molecule is Cc1ccc(-n2nc(C)cc2NC(=O)c2cc([N+](=O)[O-])c(C)s2)cc1. The lowest BCUT2D eigenvalue weighted by molar-refractivity contribution is -0.385. The van der Waals surface area contributed by atoms with Crippen LogP contribution in [0, 0.1) is 30.9 Å². The van der Waals surface area contributed by atoms with Crippen LogP contribution in [0.1, 0.15) is 25.8 Å². The first-order valence-corrected chi connectivity index (χ1v) is 8.36. The molecule has 2 aromatic heterocycles. The van der Waals surface area contributed by atoms with Crippen molar-refractivity contribution in [3.8, 4) is 5.69 Å². The van der Waals surface area contributed by atoms with E-state index in [2.05, 4.69) is 10.4 Å². The fourth-order valence-corrected chi connectivity index (χ4v) is 3.30. The highest BCUT2D eigenvalue weighted by molar-refractivity contribution is 7.14. The number of anilines is 1. The topological polar surface area (TPSA) is 90.1 Å². The number of thiophene rings is 1. The molecule has 7 nitrogen and oxygen atoms in total. The maximum Gasteiger partial charge on any atom is 0.283 e. The highest BCUT2D eigenvalue weighted by Gasteiger charge is 2.20. The van der Waals surface area contributed by atoms with Gasteiger partial charge in [-0.25, -0.2) is 4.68 Å². The Morgan fingerprint density at radius 2 is 1.88 bits per heavy atom. The summed E-state index contributed by atoms with van der Waals surface area (Å²) >= 11 is 1.10. The molecule has 1 aromatic carbocycles. The summed E-state index contributed by atoms with van der Waals surface area (Å²) in [5, 5.41) is 18.1. The van der Waals surface area contributed by atoms with Gasteiger partial charge in [0.25, 0.3) is 11.6 Å². The number of carbonyl (C=O) groups excluding carboxylic acids is 1. The van der Waals surface area contributed by atoms with Gasteiger partial charge in [0.15, 0.2) is 0 Å². The molecule has 3 aromatic rings. The van der Waals surface area contributed by atoms with Crippen molar-refractivity contribution in [3.05, 3.63) is 67.5 Å². The zero-order chi connectivity index (χ0) is 18.1. The standard InChI is InChI=1S/C17H16N4O3S/c1-10-4-6-13(7-5-10)20-16(8-11(2)19-20)18-17(22)15-9-14(21(23)24)12(3)25-15/h4-9H,1-3H3,(H,18,22). The lowest BCUT2D eigenvalue weighted by atomic mass is 10.2. The van der Waals surface area contributed by atoms with E-state index in [4.69, 9.17) is 0 Å². The molecule has 0 aliphatic heterocycles. The van der Waals surface area contributed by atoms with Crippen LogP contribution >= 0.6 is 11.3 Å². The second-order valence-corrected chi connectivity index (χ2v) is 6.94. The van der Waals surface area contributed by atoms with Gasteiger partial charge >= 0.3 is 0 Å². The van der Waals surface area contributed by atoms with Gasteiger partial charge in [0.05, 0.1) is 26.1 Å². The minimum Gasteiger partial charge on any atom is -0.306 e. The fourth-order valence-electron chi connectivity index (χ4n) is 2.41. The number of nitro groups is 1. The Labute approximate surface area is 148 Å². The number of rotatable bonds is 4. The average Bonchev–Trinajstić information content (AvgIpc) is 3.11. The highest BCUT2D eigenvalue weighted by Crippen LogP contribution is 2.29. The van der Waals surface area contributed by atoms with Crippen molar-refractivity contribution in [1.82, 2.24) is 9.78 Å². The summed E-state index contributed by atoms with van der Waals surface area (Å²) in [5.41, 5.74) is 2.66. The van der Waals surface area contributed by atoms with Crippen molar-refractivity contribution in [1.29, 1.82) is 0 Å². The second kappa shape index (κ2) is 6.48. The van der Waals surface area contributed by atoms with Gasteiger partial charge in [-0.3, -0.25) is 14.9 Å². The van der Waals surface area contributed by atoms with Crippen molar-refractivity contribution in [3.63, 3.8) is 0 Å². The molecule has 25 heavy (non-hydrogen) atoms. The van der Waals surface area contributed by atoms with E-state index in [-0.39, 0.29) is 5.69 Å². The number of carbonyl (C=O) groups is 1. The Morgan fingerprint density at radius 1 is 1.20 bits per heavy atom. The lowest BCUT2D eigenvalue weighted by Crippen LogP contribution is -2.14. The number of benzene rings is 1. The Hall–Kier alpha value is -3.00. The first kappa shape index (κ1) is 16.8. The third-order valence-electron chi connectivity index (χ3n) is 3.66. The monoisotopic (exact) mass is 356 g/mol. The quantitative estimate of drug-likeness (QED) is 0.565. The summed E-state index contributed by atoms with van der Waals surface area (Å²) in [5.74, 6) is 0.120. The number of aromatic nitrogens is 2. The van der Waals surface area contributed by atoms with E-state index in [0.717, 1.165) is 28.3 Å². The molecule has 0 fully saturated rings. The molecule has 0 aliphatic carbocycles. The van der Waals surface area contributed by atoms with E-state index in [0.29, 0.717) is 15.6 Å². The molecule has 8 heteroatoms. The average molecular weight is 356 g/mol. The summed E-state index contributed by atoms with van der Waals surface area (Å²) in [6.07, 6.45) is 0. The molecule has 0 unspecified atom stereocenters. The summed E-state index contributed by atoms with van der Waals surface area (Å²) in [6, 6.07) is 10.8. The molecule has 3 rings (SSSR count). The van der Waals surface area contributed by atoms with Crippen LogP contribution in [0.5, 0.6) is 0 Å². The number of nitrogens with one attached hydrogen (secondary N) is 1.